The van der Waals surface area contributed by atoms with Crippen molar-refractivity contribution in [1.29, 1.82) is 0 Å². The smallest absolute Gasteiger partial charge is 0.163 e. The standard InChI is InChI=1S/C40H40O6/c1-2-3-4-5-6-7-38(44)37(31-10-9-28-11-17-34(42)25-32(28)24-31)22-27-8-19-39(45)40(23-27)46-21-20-30-14-18-35(43)26-36(30)29-12-15-33(41)16-13-29/h6-19,23-26,37,41-43,45H,2-5,20-22H2,1H3. The lowest BCUT2D eigenvalue weighted by atomic mass is 9.87. The summed E-state index contributed by atoms with van der Waals surface area (Å²) in [6.07, 6.45) is 8.69. The maximum atomic E-state index is 13.6. The number of allylic oxidation sites excluding steroid dienone is 2. The Labute approximate surface area is 269 Å². The van der Waals surface area contributed by atoms with Crippen LogP contribution < -0.4 is 4.74 Å². The molecule has 0 bridgehead atoms. The zero-order valence-electron chi connectivity index (χ0n) is 26.0. The van der Waals surface area contributed by atoms with Crippen molar-refractivity contribution < 1.29 is 30.0 Å². The van der Waals surface area contributed by atoms with Crippen LogP contribution in [0.2, 0.25) is 0 Å². The summed E-state index contributed by atoms with van der Waals surface area (Å²) >= 11 is 0. The van der Waals surface area contributed by atoms with E-state index < -0.39 is 5.92 Å². The minimum absolute atomic E-state index is 0.000588. The van der Waals surface area contributed by atoms with Gasteiger partial charge in [-0.3, -0.25) is 4.79 Å². The second-order valence-corrected chi connectivity index (χ2v) is 11.6. The van der Waals surface area contributed by atoms with Gasteiger partial charge in [-0.25, -0.2) is 0 Å². The molecule has 5 aromatic carbocycles. The molecule has 0 saturated heterocycles. The zero-order valence-corrected chi connectivity index (χ0v) is 26.0. The molecule has 1 unspecified atom stereocenters. The van der Waals surface area contributed by atoms with E-state index in [1.54, 1.807) is 66.7 Å². The van der Waals surface area contributed by atoms with Crippen LogP contribution in [0.1, 0.15) is 55.2 Å². The van der Waals surface area contributed by atoms with Crippen LogP contribution in [0, 0.1) is 0 Å². The first kappa shape index (κ1) is 32.2. The van der Waals surface area contributed by atoms with Crippen LogP contribution in [0.3, 0.4) is 0 Å². The monoisotopic (exact) mass is 616 g/mol. The van der Waals surface area contributed by atoms with Crippen LogP contribution in [0.4, 0.5) is 0 Å². The number of phenols is 4. The largest absolute Gasteiger partial charge is 0.508 e. The molecule has 0 amide bonds. The van der Waals surface area contributed by atoms with Gasteiger partial charge in [0, 0.05) is 6.42 Å². The molecule has 1 atom stereocenters. The van der Waals surface area contributed by atoms with Crippen molar-refractivity contribution in [3.8, 4) is 39.9 Å². The second kappa shape index (κ2) is 15.2. The number of rotatable bonds is 14. The number of aromatic hydroxyl groups is 4. The molecule has 0 fully saturated rings. The molecule has 0 saturated carbocycles. The Hall–Kier alpha value is -5.23. The molecule has 0 aliphatic carbocycles. The van der Waals surface area contributed by atoms with Crippen molar-refractivity contribution in [3.05, 3.63) is 126 Å². The molecule has 4 N–H and O–H groups in total. The average Bonchev–Trinajstić information content (AvgIpc) is 3.05. The Balaban J connectivity index is 1.35. The highest BCUT2D eigenvalue weighted by atomic mass is 16.5. The first-order valence-corrected chi connectivity index (χ1v) is 15.8. The van der Waals surface area contributed by atoms with E-state index in [0.717, 1.165) is 64.3 Å². The molecule has 236 valence electrons. The molecule has 0 radical (unpaired) electrons. The molecule has 0 spiro atoms. The number of ether oxygens (including phenoxy) is 1. The summed E-state index contributed by atoms with van der Waals surface area (Å²) in [5.41, 5.74) is 4.32. The number of hydrogen-bond acceptors (Lipinski definition) is 6. The first-order valence-electron chi connectivity index (χ1n) is 15.8. The maximum absolute atomic E-state index is 13.6. The van der Waals surface area contributed by atoms with Crippen molar-refractivity contribution in [2.45, 2.75) is 51.4 Å². The number of fused-ring (bicyclic) bond motifs is 1. The third-order valence-electron chi connectivity index (χ3n) is 8.21. The highest BCUT2D eigenvalue weighted by molar-refractivity contribution is 5.96. The van der Waals surface area contributed by atoms with Crippen molar-refractivity contribution in [1.82, 2.24) is 0 Å². The summed E-state index contributed by atoms with van der Waals surface area (Å²) in [5, 5.41) is 42.3. The van der Waals surface area contributed by atoms with Gasteiger partial charge in [0.2, 0.25) is 0 Å². The first-order chi connectivity index (χ1) is 22.3. The van der Waals surface area contributed by atoms with Crippen LogP contribution >= 0.6 is 0 Å². The van der Waals surface area contributed by atoms with E-state index in [2.05, 4.69) is 6.92 Å². The van der Waals surface area contributed by atoms with Gasteiger partial charge in [0.25, 0.3) is 0 Å². The number of phenolic OH excluding ortho intramolecular Hbond substituents is 4. The summed E-state index contributed by atoms with van der Waals surface area (Å²) in [7, 11) is 0. The van der Waals surface area contributed by atoms with Crippen molar-refractivity contribution in [2.24, 2.45) is 0 Å². The van der Waals surface area contributed by atoms with E-state index in [0.29, 0.717) is 18.6 Å². The maximum Gasteiger partial charge on any atom is 0.163 e. The highest BCUT2D eigenvalue weighted by Crippen LogP contribution is 2.33. The molecule has 46 heavy (non-hydrogen) atoms. The third kappa shape index (κ3) is 8.27. The SMILES string of the molecule is CCCCCC=CC(=O)C(Cc1ccc(O)c(OCCc2ccc(O)cc2-c2ccc(O)cc2)c1)c1ccc2ccc(O)cc2c1. The molecule has 5 aromatic rings. The fraction of sp³-hybridized carbons (Fsp3) is 0.225. The number of carbonyl (C=O) groups is 1. The van der Waals surface area contributed by atoms with E-state index in [1.165, 1.54) is 0 Å². The summed E-state index contributed by atoms with van der Waals surface area (Å²) in [6, 6.07) is 28.2. The predicted octanol–water partition coefficient (Wildman–Crippen LogP) is 8.98. The lowest BCUT2D eigenvalue weighted by Crippen LogP contribution is -2.13. The summed E-state index contributed by atoms with van der Waals surface area (Å²) in [4.78, 5) is 13.6. The molecule has 5 rings (SSSR count). The minimum atomic E-state index is -0.462. The number of carbonyl (C=O) groups excluding carboxylic acids is 1. The Kier molecular flexibility index (Phi) is 10.6. The van der Waals surface area contributed by atoms with Gasteiger partial charge in [0.05, 0.1) is 12.5 Å². The Morgan fingerprint density at radius 3 is 2.30 bits per heavy atom. The molecule has 0 heterocycles. The van der Waals surface area contributed by atoms with Gasteiger partial charge in [-0.05, 0) is 112 Å². The van der Waals surface area contributed by atoms with Crippen LogP contribution in [0.15, 0.2) is 109 Å². The molecular formula is C40H40O6. The van der Waals surface area contributed by atoms with Gasteiger partial charge in [0.1, 0.15) is 17.2 Å². The average molecular weight is 617 g/mol. The van der Waals surface area contributed by atoms with Crippen molar-refractivity contribution in [2.75, 3.05) is 6.61 Å². The highest BCUT2D eigenvalue weighted by Gasteiger charge is 2.21. The van der Waals surface area contributed by atoms with Gasteiger partial charge in [-0.2, -0.15) is 0 Å². The number of ketones is 1. The zero-order chi connectivity index (χ0) is 32.5. The van der Waals surface area contributed by atoms with E-state index in [4.69, 9.17) is 4.74 Å². The topological polar surface area (TPSA) is 107 Å². The molecular weight excluding hydrogens is 576 g/mol. The fourth-order valence-corrected chi connectivity index (χ4v) is 5.68. The van der Waals surface area contributed by atoms with Gasteiger partial charge < -0.3 is 25.2 Å². The van der Waals surface area contributed by atoms with Crippen molar-refractivity contribution in [3.63, 3.8) is 0 Å². The third-order valence-corrected chi connectivity index (χ3v) is 8.21. The van der Waals surface area contributed by atoms with Gasteiger partial charge in [-0.1, -0.05) is 74.4 Å². The van der Waals surface area contributed by atoms with Gasteiger partial charge in [-0.15, -0.1) is 0 Å². The van der Waals surface area contributed by atoms with Crippen LogP contribution in [0.25, 0.3) is 21.9 Å². The molecule has 0 aromatic heterocycles. The van der Waals surface area contributed by atoms with Gasteiger partial charge >= 0.3 is 0 Å². The van der Waals surface area contributed by atoms with Crippen LogP contribution in [-0.4, -0.2) is 32.8 Å². The second-order valence-electron chi connectivity index (χ2n) is 11.6. The van der Waals surface area contributed by atoms with E-state index >= 15 is 0 Å². The minimum Gasteiger partial charge on any atom is -0.508 e. The van der Waals surface area contributed by atoms with Crippen molar-refractivity contribution >= 4 is 16.6 Å². The van der Waals surface area contributed by atoms with E-state index in [-0.39, 0.29) is 35.4 Å². The van der Waals surface area contributed by atoms with E-state index in [9.17, 15) is 25.2 Å². The summed E-state index contributed by atoms with van der Waals surface area (Å²) in [5.74, 6) is 0.348. The quantitative estimate of drug-likeness (QED) is 0.0733. The number of hydrogen-bond donors (Lipinski definition) is 4. The molecule has 0 aliphatic rings. The van der Waals surface area contributed by atoms with E-state index in [1.807, 2.05) is 42.5 Å². The predicted molar refractivity (Wildman–Crippen MR) is 183 cm³/mol. The summed E-state index contributed by atoms with van der Waals surface area (Å²) in [6.45, 7) is 2.42. The number of unbranched alkanes of at least 4 members (excludes halogenated alkanes) is 3. The molecule has 0 aliphatic heterocycles. The lowest BCUT2D eigenvalue weighted by molar-refractivity contribution is -0.116. The molecule has 6 nitrogen and oxygen atoms in total. The van der Waals surface area contributed by atoms with Crippen LogP contribution in [0.5, 0.6) is 28.7 Å². The fourth-order valence-electron chi connectivity index (χ4n) is 5.68. The molecule has 6 heteroatoms. The summed E-state index contributed by atoms with van der Waals surface area (Å²) < 4.78 is 6.06. The van der Waals surface area contributed by atoms with Gasteiger partial charge in [0.15, 0.2) is 17.3 Å². The Bertz CT molecular complexity index is 1820. The number of benzene rings is 5. The Morgan fingerprint density at radius 2 is 1.50 bits per heavy atom. The van der Waals surface area contributed by atoms with Crippen LogP contribution in [-0.2, 0) is 17.6 Å². The Morgan fingerprint density at radius 1 is 0.761 bits per heavy atom. The normalized spacial score (nSPS) is 12.0. The lowest BCUT2D eigenvalue weighted by Gasteiger charge is -2.17.